The number of nitro groups is 1. The normalized spacial score (nSPS) is 10.7. The maximum absolute atomic E-state index is 11.1. The Morgan fingerprint density at radius 2 is 1.80 bits per heavy atom. The number of nitrogens with zero attached hydrogens (tertiary/aromatic N) is 2. The van der Waals surface area contributed by atoms with Crippen molar-refractivity contribution in [3.8, 4) is 11.1 Å². The van der Waals surface area contributed by atoms with Crippen molar-refractivity contribution in [2.45, 2.75) is 0 Å². The second-order valence-corrected chi connectivity index (χ2v) is 5.21. The average molecular weight is 329 g/mol. The third-order valence-electron chi connectivity index (χ3n) is 3.10. The Morgan fingerprint density at radius 3 is 2.50 bits per heavy atom. The summed E-state index contributed by atoms with van der Waals surface area (Å²) in [5, 5.41) is 11.8. The van der Waals surface area contributed by atoms with Gasteiger partial charge in [-0.15, -0.1) is 0 Å². The molecule has 5 heteroatoms. The number of nitro benzene ring substituents is 1. The molecule has 0 aliphatic carbocycles. The fourth-order valence-corrected chi connectivity index (χ4v) is 2.45. The number of hydrogen-bond acceptors (Lipinski definition) is 3. The highest BCUT2D eigenvalue weighted by Crippen LogP contribution is 2.32. The summed E-state index contributed by atoms with van der Waals surface area (Å²) in [4.78, 5) is 14.8. The van der Waals surface area contributed by atoms with Gasteiger partial charge < -0.3 is 0 Å². The molecule has 4 nitrogen and oxygen atoms in total. The van der Waals surface area contributed by atoms with E-state index in [1.54, 1.807) is 12.3 Å². The largest absolute Gasteiger partial charge is 0.295 e. The lowest BCUT2D eigenvalue weighted by atomic mass is 10.0. The first-order valence-corrected chi connectivity index (χ1v) is 6.74. The van der Waals surface area contributed by atoms with Gasteiger partial charge in [-0.1, -0.05) is 40.2 Å². The van der Waals surface area contributed by atoms with E-state index < -0.39 is 4.92 Å². The summed E-state index contributed by atoms with van der Waals surface area (Å²) in [5.74, 6) is 0. The predicted molar refractivity (Wildman–Crippen MR) is 81.5 cm³/mol. The lowest BCUT2D eigenvalue weighted by Crippen LogP contribution is -1.92. The zero-order valence-corrected chi connectivity index (χ0v) is 11.9. The van der Waals surface area contributed by atoms with Gasteiger partial charge in [-0.3, -0.25) is 10.1 Å². The fraction of sp³-hybridized carbons (Fsp3) is 0. The number of halogens is 1. The van der Waals surface area contributed by atoms with Crippen LogP contribution in [-0.2, 0) is 0 Å². The van der Waals surface area contributed by atoms with Gasteiger partial charge in [0.25, 0.3) is 5.69 Å². The molecule has 0 spiro atoms. The Kier molecular flexibility index (Phi) is 3.20. The Bertz CT molecular complexity index is 801. The standard InChI is InChI=1S/C15H9BrN2O2/c16-11-6-4-10(5-7-11)12-8-9-17-15-13(12)2-1-3-14(15)18(19)20/h1-9H. The van der Waals surface area contributed by atoms with E-state index >= 15 is 0 Å². The van der Waals surface area contributed by atoms with Crippen molar-refractivity contribution in [1.29, 1.82) is 0 Å². The lowest BCUT2D eigenvalue weighted by molar-refractivity contribution is -0.383. The summed E-state index contributed by atoms with van der Waals surface area (Å²) in [6.07, 6.45) is 1.60. The number of benzene rings is 2. The molecule has 1 heterocycles. The van der Waals surface area contributed by atoms with Crippen molar-refractivity contribution in [2.24, 2.45) is 0 Å². The van der Waals surface area contributed by atoms with E-state index in [-0.39, 0.29) is 5.69 Å². The molecule has 0 unspecified atom stereocenters. The molecule has 98 valence electrons. The minimum absolute atomic E-state index is 0.0291. The monoisotopic (exact) mass is 328 g/mol. The summed E-state index contributed by atoms with van der Waals surface area (Å²) >= 11 is 3.40. The molecule has 0 saturated heterocycles. The Balaban J connectivity index is 2.30. The minimum atomic E-state index is -0.402. The molecule has 0 atom stereocenters. The van der Waals surface area contributed by atoms with Crippen LogP contribution in [0.1, 0.15) is 0 Å². The first kappa shape index (κ1) is 12.7. The van der Waals surface area contributed by atoms with Crippen LogP contribution in [0.2, 0.25) is 0 Å². The number of non-ortho nitro benzene ring substituents is 1. The van der Waals surface area contributed by atoms with Crippen molar-refractivity contribution < 1.29 is 4.92 Å². The van der Waals surface area contributed by atoms with E-state index in [0.29, 0.717) is 5.52 Å². The zero-order chi connectivity index (χ0) is 14.1. The third-order valence-corrected chi connectivity index (χ3v) is 3.63. The highest BCUT2D eigenvalue weighted by atomic mass is 79.9. The zero-order valence-electron chi connectivity index (χ0n) is 10.3. The van der Waals surface area contributed by atoms with E-state index in [2.05, 4.69) is 20.9 Å². The van der Waals surface area contributed by atoms with E-state index in [0.717, 1.165) is 21.0 Å². The molecule has 1 aromatic heterocycles. The number of pyridine rings is 1. The van der Waals surface area contributed by atoms with Crippen molar-refractivity contribution in [3.05, 3.63) is 69.3 Å². The van der Waals surface area contributed by atoms with Crippen LogP contribution >= 0.6 is 15.9 Å². The Hall–Kier alpha value is -2.27. The number of aromatic nitrogens is 1. The molecular weight excluding hydrogens is 320 g/mol. The van der Waals surface area contributed by atoms with Crippen LogP contribution in [0.5, 0.6) is 0 Å². The molecule has 20 heavy (non-hydrogen) atoms. The van der Waals surface area contributed by atoms with Gasteiger partial charge in [0.05, 0.1) is 4.92 Å². The van der Waals surface area contributed by atoms with Crippen LogP contribution in [0, 0.1) is 10.1 Å². The highest BCUT2D eigenvalue weighted by Gasteiger charge is 2.14. The molecule has 2 aromatic carbocycles. The molecule has 3 aromatic rings. The number of rotatable bonds is 2. The molecule has 0 aliphatic rings. The summed E-state index contributed by atoms with van der Waals surface area (Å²) in [6.45, 7) is 0. The van der Waals surface area contributed by atoms with Gasteiger partial charge in [-0.25, -0.2) is 4.98 Å². The minimum Gasteiger partial charge on any atom is -0.258 e. The van der Waals surface area contributed by atoms with Crippen LogP contribution in [0.25, 0.3) is 22.0 Å². The van der Waals surface area contributed by atoms with Gasteiger partial charge in [0, 0.05) is 22.1 Å². The van der Waals surface area contributed by atoms with Gasteiger partial charge >= 0.3 is 0 Å². The summed E-state index contributed by atoms with van der Waals surface area (Å²) in [5.41, 5.74) is 2.38. The van der Waals surface area contributed by atoms with Crippen molar-refractivity contribution >= 4 is 32.5 Å². The van der Waals surface area contributed by atoms with Crippen LogP contribution in [0.4, 0.5) is 5.69 Å². The molecule has 0 saturated carbocycles. The van der Waals surface area contributed by atoms with Crippen LogP contribution in [0.3, 0.4) is 0 Å². The number of fused-ring (bicyclic) bond motifs is 1. The van der Waals surface area contributed by atoms with Crippen LogP contribution < -0.4 is 0 Å². The van der Waals surface area contributed by atoms with E-state index in [1.165, 1.54) is 6.07 Å². The Morgan fingerprint density at radius 1 is 1.05 bits per heavy atom. The smallest absolute Gasteiger partial charge is 0.258 e. The van der Waals surface area contributed by atoms with Crippen LogP contribution in [0.15, 0.2) is 59.2 Å². The Labute approximate surface area is 123 Å². The quantitative estimate of drug-likeness (QED) is 0.511. The second-order valence-electron chi connectivity index (χ2n) is 4.30. The highest BCUT2D eigenvalue weighted by molar-refractivity contribution is 9.10. The summed E-state index contributed by atoms with van der Waals surface area (Å²) in [6, 6.07) is 14.7. The van der Waals surface area contributed by atoms with E-state index in [1.807, 2.05) is 36.4 Å². The van der Waals surface area contributed by atoms with Gasteiger partial charge in [-0.2, -0.15) is 0 Å². The molecule has 0 radical (unpaired) electrons. The van der Waals surface area contributed by atoms with Gasteiger partial charge in [0.2, 0.25) is 0 Å². The summed E-state index contributed by atoms with van der Waals surface area (Å²) in [7, 11) is 0. The third kappa shape index (κ3) is 2.16. The fourth-order valence-electron chi connectivity index (χ4n) is 2.19. The van der Waals surface area contributed by atoms with Crippen molar-refractivity contribution in [3.63, 3.8) is 0 Å². The molecule has 0 N–H and O–H groups in total. The molecule has 0 bridgehead atoms. The molecular formula is C15H9BrN2O2. The molecule has 0 aliphatic heterocycles. The first-order valence-electron chi connectivity index (χ1n) is 5.95. The SMILES string of the molecule is O=[N+]([O-])c1cccc2c(-c3ccc(Br)cc3)ccnc12. The lowest BCUT2D eigenvalue weighted by Gasteiger charge is -2.06. The molecule has 0 fully saturated rings. The molecule has 0 amide bonds. The van der Waals surface area contributed by atoms with Gasteiger partial charge in [0.1, 0.15) is 5.52 Å². The maximum atomic E-state index is 11.1. The summed E-state index contributed by atoms with van der Waals surface area (Å²) < 4.78 is 0.991. The van der Waals surface area contributed by atoms with Gasteiger partial charge in [0.15, 0.2) is 0 Å². The first-order chi connectivity index (χ1) is 9.66. The molecule has 3 rings (SSSR count). The van der Waals surface area contributed by atoms with Crippen molar-refractivity contribution in [2.75, 3.05) is 0 Å². The predicted octanol–water partition coefficient (Wildman–Crippen LogP) is 4.57. The maximum Gasteiger partial charge on any atom is 0.295 e. The number of para-hydroxylation sites is 1. The topological polar surface area (TPSA) is 56.0 Å². The van der Waals surface area contributed by atoms with E-state index in [4.69, 9.17) is 0 Å². The van der Waals surface area contributed by atoms with E-state index in [9.17, 15) is 10.1 Å². The number of hydrogen-bond donors (Lipinski definition) is 0. The van der Waals surface area contributed by atoms with Gasteiger partial charge in [-0.05, 0) is 29.3 Å². The van der Waals surface area contributed by atoms with Crippen LogP contribution in [-0.4, -0.2) is 9.91 Å². The second kappa shape index (κ2) is 5.02. The van der Waals surface area contributed by atoms with Crippen molar-refractivity contribution in [1.82, 2.24) is 4.98 Å². The average Bonchev–Trinajstić information content (AvgIpc) is 2.47.